The fourth-order valence-electron chi connectivity index (χ4n) is 2.17. The van der Waals surface area contributed by atoms with Crippen LogP contribution in [0.5, 0.6) is 11.5 Å². The zero-order chi connectivity index (χ0) is 15.1. The Balaban J connectivity index is 1.66. The molecule has 1 atom stereocenters. The maximum Gasteiger partial charge on any atom is 0.223 e. The van der Waals surface area contributed by atoms with Crippen LogP contribution in [0.4, 0.5) is 0 Å². The van der Waals surface area contributed by atoms with E-state index in [4.69, 9.17) is 9.47 Å². The van der Waals surface area contributed by atoms with Crippen LogP contribution in [0.1, 0.15) is 12.8 Å². The van der Waals surface area contributed by atoms with Gasteiger partial charge in [0.15, 0.2) is 0 Å². The van der Waals surface area contributed by atoms with Crippen LogP contribution >= 0.6 is 0 Å². The number of hydrogen-bond donors (Lipinski definition) is 2. The topological polar surface area (TPSA) is 76.7 Å². The lowest BCUT2D eigenvalue weighted by atomic mass is 9.97. The van der Waals surface area contributed by atoms with E-state index in [1.54, 1.807) is 7.11 Å². The second-order valence-electron chi connectivity index (χ2n) is 4.85. The molecule has 2 rings (SSSR count). The molecule has 1 unspecified atom stereocenters. The highest BCUT2D eigenvalue weighted by Crippen LogP contribution is 2.16. The summed E-state index contributed by atoms with van der Waals surface area (Å²) >= 11 is 0. The van der Waals surface area contributed by atoms with Crippen LogP contribution in [0.25, 0.3) is 0 Å². The van der Waals surface area contributed by atoms with E-state index in [-0.39, 0.29) is 24.2 Å². The third kappa shape index (κ3) is 4.66. The zero-order valence-electron chi connectivity index (χ0n) is 12.1. The summed E-state index contributed by atoms with van der Waals surface area (Å²) in [6.45, 7) is 1.37. The summed E-state index contributed by atoms with van der Waals surface area (Å²) in [5, 5.41) is 5.51. The molecule has 1 aliphatic rings. The Bertz CT molecular complexity index is 487. The average Bonchev–Trinajstić information content (AvgIpc) is 2.52. The predicted octanol–water partition coefficient (Wildman–Crippen LogP) is 0.716. The Morgan fingerprint density at radius 2 is 2.05 bits per heavy atom. The first-order chi connectivity index (χ1) is 10.2. The maximum atomic E-state index is 11.9. The van der Waals surface area contributed by atoms with Crippen molar-refractivity contribution in [2.45, 2.75) is 12.8 Å². The molecule has 1 aromatic rings. The number of nitrogens with one attached hydrogen (secondary N) is 2. The van der Waals surface area contributed by atoms with Crippen molar-refractivity contribution in [1.82, 2.24) is 10.6 Å². The first-order valence-electron chi connectivity index (χ1n) is 7.00. The predicted molar refractivity (Wildman–Crippen MR) is 77.2 cm³/mol. The van der Waals surface area contributed by atoms with E-state index in [0.29, 0.717) is 26.1 Å². The quantitative estimate of drug-likeness (QED) is 0.757. The standard InChI is InChI=1S/C15H20N2O4/c1-20-12-2-4-13(5-3-12)21-9-8-17-15(19)11-6-7-16-14(18)10-11/h2-5,11H,6-10H2,1H3,(H,16,18)(H,17,19). The highest BCUT2D eigenvalue weighted by Gasteiger charge is 2.24. The summed E-state index contributed by atoms with van der Waals surface area (Å²) < 4.78 is 10.6. The first kappa shape index (κ1) is 15.2. The Hall–Kier alpha value is -2.24. The Morgan fingerprint density at radius 1 is 1.33 bits per heavy atom. The van der Waals surface area contributed by atoms with Gasteiger partial charge in [-0.15, -0.1) is 0 Å². The van der Waals surface area contributed by atoms with E-state index in [1.165, 1.54) is 0 Å². The molecule has 114 valence electrons. The van der Waals surface area contributed by atoms with E-state index in [1.807, 2.05) is 24.3 Å². The number of benzene rings is 1. The molecule has 1 aliphatic heterocycles. The summed E-state index contributed by atoms with van der Waals surface area (Å²) in [6.07, 6.45) is 0.960. The third-order valence-corrected chi connectivity index (χ3v) is 3.35. The van der Waals surface area contributed by atoms with E-state index >= 15 is 0 Å². The molecule has 2 amide bonds. The summed E-state index contributed by atoms with van der Waals surface area (Å²) in [5.41, 5.74) is 0. The second-order valence-corrected chi connectivity index (χ2v) is 4.85. The largest absolute Gasteiger partial charge is 0.497 e. The number of ether oxygens (including phenoxy) is 2. The van der Waals surface area contributed by atoms with Gasteiger partial charge in [-0.1, -0.05) is 0 Å². The monoisotopic (exact) mass is 292 g/mol. The van der Waals surface area contributed by atoms with E-state index < -0.39 is 0 Å². The van der Waals surface area contributed by atoms with Crippen LogP contribution in [0.3, 0.4) is 0 Å². The van der Waals surface area contributed by atoms with Crippen molar-refractivity contribution in [1.29, 1.82) is 0 Å². The van der Waals surface area contributed by atoms with Crippen molar-refractivity contribution in [2.75, 3.05) is 26.8 Å². The summed E-state index contributed by atoms with van der Waals surface area (Å²) in [6, 6.07) is 7.25. The van der Waals surface area contributed by atoms with Crippen molar-refractivity contribution < 1.29 is 19.1 Å². The number of carbonyl (C=O) groups excluding carboxylic acids is 2. The Labute approximate surface area is 123 Å². The minimum Gasteiger partial charge on any atom is -0.497 e. The average molecular weight is 292 g/mol. The smallest absolute Gasteiger partial charge is 0.223 e. The van der Waals surface area contributed by atoms with E-state index in [9.17, 15) is 9.59 Å². The van der Waals surface area contributed by atoms with Crippen LogP contribution in [0.15, 0.2) is 24.3 Å². The molecule has 21 heavy (non-hydrogen) atoms. The van der Waals surface area contributed by atoms with Crippen molar-refractivity contribution in [3.05, 3.63) is 24.3 Å². The molecule has 6 heteroatoms. The molecule has 6 nitrogen and oxygen atoms in total. The fourth-order valence-corrected chi connectivity index (χ4v) is 2.17. The van der Waals surface area contributed by atoms with Gasteiger partial charge in [-0.2, -0.15) is 0 Å². The van der Waals surface area contributed by atoms with Crippen LogP contribution in [0.2, 0.25) is 0 Å². The second kappa shape index (κ2) is 7.52. The van der Waals surface area contributed by atoms with Crippen LogP contribution < -0.4 is 20.1 Å². The van der Waals surface area contributed by atoms with Crippen molar-refractivity contribution in [3.63, 3.8) is 0 Å². The van der Waals surface area contributed by atoms with Crippen molar-refractivity contribution >= 4 is 11.8 Å². The van der Waals surface area contributed by atoms with Gasteiger partial charge in [-0.25, -0.2) is 0 Å². The minimum atomic E-state index is -0.222. The summed E-state index contributed by atoms with van der Waals surface area (Å²) in [7, 11) is 1.61. The van der Waals surface area contributed by atoms with Crippen LogP contribution in [-0.2, 0) is 9.59 Å². The summed E-state index contributed by atoms with van der Waals surface area (Å²) in [5.74, 6) is 1.13. The van der Waals surface area contributed by atoms with Crippen molar-refractivity contribution in [3.8, 4) is 11.5 Å². The number of piperidine rings is 1. The fraction of sp³-hybridized carbons (Fsp3) is 0.467. The lowest BCUT2D eigenvalue weighted by Gasteiger charge is -2.21. The molecule has 0 aromatic heterocycles. The molecule has 0 bridgehead atoms. The molecular weight excluding hydrogens is 272 g/mol. The molecule has 2 N–H and O–H groups in total. The van der Waals surface area contributed by atoms with Crippen LogP contribution in [0, 0.1) is 5.92 Å². The van der Waals surface area contributed by atoms with Gasteiger partial charge in [0.2, 0.25) is 11.8 Å². The molecular formula is C15H20N2O4. The van der Waals surface area contributed by atoms with Crippen LogP contribution in [-0.4, -0.2) is 38.6 Å². The highest BCUT2D eigenvalue weighted by atomic mass is 16.5. The number of rotatable bonds is 6. The molecule has 1 heterocycles. The molecule has 1 aromatic carbocycles. The van der Waals surface area contributed by atoms with Gasteiger partial charge in [0.25, 0.3) is 0 Å². The normalized spacial score (nSPS) is 17.8. The lowest BCUT2D eigenvalue weighted by Crippen LogP contribution is -2.42. The SMILES string of the molecule is COc1ccc(OCCNC(=O)C2CCNC(=O)C2)cc1. The van der Waals surface area contributed by atoms with E-state index in [0.717, 1.165) is 11.5 Å². The Morgan fingerprint density at radius 3 is 2.71 bits per heavy atom. The number of amides is 2. The van der Waals surface area contributed by atoms with Gasteiger partial charge in [0.05, 0.1) is 13.7 Å². The van der Waals surface area contributed by atoms with Gasteiger partial charge in [0.1, 0.15) is 18.1 Å². The van der Waals surface area contributed by atoms with Gasteiger partial charge in [-0.05, 0) is 30.7 Å². The van der Waals surface area contributed by atoms with Gasteiger partial charge >= 0.3 is 0 Å². The molecule has 0 saturated carbocycles. The number of hydrogen-bond acceptors (Lipinski definition) is 4. The number of carbonyl (C=O) groups is 2. The van der Waals surface area contributed by atoms with E-state index in [2.05, 4.69) is 10.6 Å². The maximum absolute atomic E-state index is 11.9. The number of methoxy groups -OCH3 is 1. The Kier molecular flexibility index (Phi) is 5.43. The zero-order valence-corrected chi connectivity index (χ0v) is 12.1. The highest BCUT2D eigenvalue weighted by molar-refractivity contribution is 5.86. The molecule has 0 spiro atoms. The molecule has 0 radical (unpaired) electrons. The van der Waals surface area contributed by atoms with Gasteiger partial charge in [-0.3, -0.25) is 9.59 Å². The van der Waals surface area contributed by atoms with Gasteiger partial charge in [0, 0.05) is 18.9 Å². The molecule has 1 fully saturated rings. The van der Waals surface area contributed by atoms with Gasteiger partial charge < -0.3 is 20.1 Å². The third-order valence-electron chi connectivity index (χ3n) is 3.35. The van der Waals surface area contributed by atoms with Crippen molar-refractivity contribution in [2.24, 2.45) is 5.92 Å². The summed E-state index contributed by atoms with van der Waals surface area (Å²) in [4.78, 5) is 23.1. The first-order valence-corrected chi connectivity index (χ1v) is 7.00. The minimum absolute atomic E-state index is 0.0594. The lowest BCUT2D eigenvalue weighted by molar-refractivity contribution is -0.132. The molecule has 1 saturated heterocycles. The molecule has 0 aliphatic carbocycles.